The topological polar surface area (TPSA) is 81.9 Å². The number of ether oxygens (including phenoxy) is 2. The molecule has 0 fully saturated rings. The van der Waals surface area contributed by atoms with Gasteiger partial charge in [-0.2, -0.15) is 0 Å². The molecule has 1 aliphatic rings. The molecule has 7 nitrogen and oxygen atoms in total. The lowest BCUT2D eigenvalue weighted by Gasteiger charge is -2.12. The van der Waals surface area contributed by atoms with Gasteiger partial charge in [0.2, 0.25) is 0 Å². The van der Waals surface area contributed by atoms with Crippen molar-refractivity contribution >= 4 is 23.2 Å². The maximum absolute atomic E-state index is 12.5. The highest BCUT2D eigenvalue weighted by molar-refractivity contribution is 6.07. The van der Waals surface area contributed by atoms with Gasteiger partial charge in [0.05, 0.1) is 18.1 Å². The molecule has 2 aromatic rings. The first-order valence-corrected chi connectivity index (χ1v) is 8.53. The third-order valence-electron chi connectivity index (χ3n) is 4.14. The number of hydrogen-bond donors (Lipinski definition) is 0. The van der Waals surface area contributed by atoms with Gasteiger partial charge in [0, 0.05) is 32.1 Å². The van der Waals surface area contributed by atoms with Gasteiger partial charge >= 0.3 is 0 Å². The highest BCUT2D eigenvalue weighted by atomic mass is 16.6. The van der Waals surface area contributed by atoms with Crippen LogP contribution in [0.15, 0.2) is 42.5 Å². The second-order valence-corrected chi connectivity index (χ2v) is 6.31. The summed E-state index contributed by atoms with van der Waals surface area (Å²) in [6, 6.07) is 9.91. The van der Waals surface area contributed by atoms with Crippen LogP contribution in [0.4, 0.5) is 11.4 Å². The second-order valence-electron chi connectivity index (χ2n) is 6.31. The molecule has 140 valence electrons. The summed E-state index contributed by atoms with van der Waals surface area (Å²) in [6.45, 7) is 1.13. The van der Waals surface area contributed by atoms with Crippen molar-refractivity contribution in [3.63, 3.8) is 0 Å². The molecule has 0 spiro atoms. The van der Waals surface area contributed by atoms with E-state index in [0.717, 1.165) is 6.42 Å². The lowest BCUT2D eigenvalue weighted by Crippen LogP contribution is -2.11. The number of carbonyl (C=O) groups is 1. The van der Waals surface area contributed by atoms with E-state index in [1.54, 1.807) is 55.4 Å². The van der Waals surface area contributed by atoms with E-state index < -0.39 is 4.92 Å². The van der Waals surface area contributed by atoms with Crippen LogP contribution in [0.3, 0.4) is 0 Å². The first-order valence-electron chi connectivity index (χ1n) is 8.53. The van der Waals surface area contributed by atoms with Crippen molar-refractivity contribution in [3.8, 4) is 11.5 Å². The highest BCUT2D eigenvalue weighted by Gasteiger charge is 2.16. The van der Waals surface area contributed by atoms with Crippen LogP contribution in [0.5, 0.6) is 11.5 Å². The van der Waals surface area contributed by atoms with Gasteiger partial charge in [-0.15, -0.1) is 0 Å². The minimum Gasteiger partial charge on any atom is -0.490 e. The fraction of sp³-hybridized carbons (Fsp3) is 0.250. The Bertz CT molecular complexity index is 905. The average Bonchev–Trinajstić information content (AvgIpc) is 2.90. The largest absolute Gasteiger partial charge is 0.490 e. The van der Waals surface area contributed by atoms with Crippen molar-refractivity contribution in [2.24, 2.45) is 0 Å². The maximum atomic E-state index is 12.5. The lowest BCUT2D eigenvalue weighted by atomic mass is 10.1. The van der Waals surface area contributed by atoms with Crippen LogP contribution in [-0.2, 0) is 0 Å². The Labute approximate surface area is 157 Å². The zero-order valence-corrected chi connectivity index (χ0v) is 15.2. The Morgan fingerprint density at radius 2 is 1.85 bits per heavy atom. The molecule has 0 atom stereocenters. The van der Waals surface area contributed by atoms with Gasteiger partial charge in [0.1, 0.15) is 5.69 Å². The predicted molar refractivity (Wildman–Crippen MR) is 103 cm³/mol. The minimum absolute atomic E-state index is 0.00909. The Hall–Kier alpha value is -3.35. The zero-order valence-electron chi connectivity index (χ0n) is 15.2. The molecule has 2 aromatic carbocycles. The third-order valence-corrected chi connectivity index (χ3v) is 4.14. The third kappa shape index (κ3) is 4.25. The Balaban J connectivity index is 1.82. The monoisotopic (exact) mass is 368 g/mol. The minimum atomic E-state index is -0.432. The van der Waals surface area contributed by atoms with Gasteiger partial charge < -0.3 is 14.4 Å². The van der Waals surface area contributed by atoms with Crippen LogP contribution in [0.2, 0.25) is 0 Å². The number of benzene rings is 2. The first-order chi connectivity index (χ1) is 13.0. The molecule has 0 N–H and O–H groups in total. The Kier molecular flexibility index (Phi) is 5.40. The number of nitro benzene ring substituents is 1. The number of rotatable bonds is 5. The molecule has 0 saturated heterocycles. The molecule has 1 aliphatic heterocycles. The molecule has 1 heterocycles. The summed E-state index contributed by atoms with van der Waals surface area (Å²) in [5, 5.41) is 11.3. The number of nitrogens with zero attached hydrogens (tertiary/aromatic N) is 2. The number of fused-ring (bicyclic) bond motifs is 1. The van der Waals surface area contributed by atoms with Crippen molar-refractivity contribution in [1.82, 2.24) is 0 Å². The van der Waals surface area contributed by atoms with E-state index in [1.807, 2.05) is 0 Å². The molecule has 0 aromatic heterocycles. The SMILES string of the molecule is CN(C)c1ccc(/C=C/C(=O)c2ccc3c(c2)OCCCO3)cc1[N+](=O)[O-]. The molecular formula is C20H20N2O5. The van der Waals surface area contributed by atoms with Gasteiger partial charge in [0.25, 0.3) is 5.69 Å². The standard InChI is InChI=1S/C20H20N2O5/c1-21(2)16-7-4-14(12-17(16)22(24)25)5-8-18(23)15-6-9-19-20(13-15)27-11-3-10-26-19/h4-9,12-13H,3,10-11H2,1-2H3/b8-5+. The van der Waals surface area contributed by atoms with E-state index in [1.165, 1.54) is 12.1 Å². The van der Waals surface area contributed by atoms with E-state index in [4.69, 9.17) is 9.47 Å². The molecule has 0 unspecified atom stereocenters. The summed E-state index contributed by atoms with van der Waals surface area (Å²) in [5.41, 5.74) is 1.54. The molecule has 0 amide bonds. The smallest absolute Gasteiger partial charge is 0.293 e. The van der Waals surface area contributed by atoms with Crippen LogP contribution in [0, 0.1) is 10.1 Å². The van der Waals surface area contributed by atoms with E-state index in [0.29, 0.717) is 41.5 Å². The number of hydrogen-bond acceptors (Lipinski definition) is 6. The van der Waals surface area contributed by atoms with E-state index >= 15 is 0 Å². The lowest BCUT2D eigenvalue weighted by molar-refractivity contribution is -0.384. The zero-order chi connectivity index (χ0) is 19.4. The van der Waals surface area contributed by atoms with Gasteiger partial charge in [-0.3, -0.25) is 14.9 Å². The summed E-state index contributed by atoms with van der Waals surface area (Å²) in [7, 11) is 3.48. The van der Waals surface area contributed by atoms with Gasteiger partial charge in [-0.25, -0.2) is 0 Å². The fourth-order valence-electron chi connectivity index (χ4n) is 2.75. The first kappa shape index (κ1) is 18.4. The Morgan fingerprint density at radius 3 is 2.56 bits per heavy atom. The number of anilines is 1. The molecule has 0 bridgehead atoms. The number of nitro groups is 1. The van der Waals surface area contributed by atoms with Gasteiger partial charge in [0.15, 0.2) is 17.3 Å². The summed E-state index contributed by atoms with van der Waals surface area (Å²) in [6.07, 6.45) is 3.76. The number of allylic oxidation sites excluding steroid dienone is 1. The van der Waals surface area contributed by atoms with Crippen molar-refractivity contribution < 1.29 is 19.2 Å². The molecule has 3 rings (SSSR count). The Morgan fingerprint density at radius 1 is 1.11 bits per heavy atom. The van der Waals surface area contributed by atoms with Crippen LogP contribution >= 0.6 is 0 Å². The van der Waals surface area contributed by atoms with E-state index in [-0.39, 0.29) is 11.5 Å². The summed E-state index contributed by atoms with van der Waals surface area (Å²) >= 11 is 0. The van der Waals surface area contributed by atoms with Gasteiger partial charge in [-0.05, 0) is 35.9 Å². The van der Waals surface area contributed by atoms with Crippen molar-refractivity contribution in [1.29, 1.82) is 0 Å². The molecule has 7 heteroatoms. The van der Waals surface area contributed by atoms with E-state index in [2.05, 4.69) is 0 Å². The maximum Gasteiger partial charge on any atom is 0.293 e. The fourth-order valence-corrected chi connectivity index (χ4v) is 2.75. The van der Waals surface area contributed by atoms with Crippen LogP contribution in [-0.4, -0.2) is 38.0 Å². The summed E-state index contributed by atoms with van der Waals surface area (Å²) in [5.74, 6) is 0.964. The van der Waals surface area contributed by atoms with Crippen LogP contribution in [0.1, 0.15) is 22.3 Å². The highest BCUT2D eigenvalue weighted by Crippen LogP contribution is 2.31. The normalized spacial score (nSPS) is 13.3. The quantitative estimate of drug-likeness (QED) is 0.346. The average molecular weight is 368 g/mol. The molecule has 27 heavy (non-hydrogen) atoms. The number of carbonyl (C=O) groups excluding carboxylic acids is 1. The molecule has 0 saturated carbocycles. The summed E-state index contributed by atoms with van der Waals surface area (Å²) < 4.78 is 11.2. The predicted octanol–water partition coefficient (Wildman–Crippen LogP) is 3.72. The molecule has 0 aliphatic carbocycles. The van der Waals surface area contributed by atoms with Gasteiger partial charge in [-0.1, -0.05) is 12.1 Å². The molecular weight excluding hydrogens is 348 g/mol. The van der Waals surface area contributed by atoms with E-state index in [9.17, 15) is 14.9 Å². The number of ketones is 1. The second kappa shape index (κ2) is 7.90. The molecule has 0 radical (unpaired) electrons. The summed E-state index contributed by atoms with van der Waals surface area (Å²) in [4.78, 5) is 25.0. The van der Waals surface area contributed by atoms with Crippen LogP contribution in [0.25, 0.3) is 6.08 Å². The van der Waals surface area contributed by atoms with Crippen molar-refractivity contribution in [3.05, 3.63) is 63.7 Å². The van der Waals surface area contributed by atoms with Crippen molar-refractivity contribution in [2.45, 2.75) is 6.42 Å². The van der Waals surface area contributed by atoms with Crippen LogP contribution < -0.4 is 14.4 Å². The van der Waals surface area contributed by atoms with Crippen molar-refractivity contribution in [2.75, 3.05) is 32.2 Å².